The molecule has 6 heterocycles. The second kappa shape index (κ2) is 13.5. The quantitative estimate of drug-likeness (QED) is 0.248. The zero-order valence-electron chi connectivity index (χ0n) is 32.1. The molecular formula is C38H40F6N6O8. The average molecular weight is 823 g/mol. The largest absolute Gasteiger partial charge is 0.444 e. The van der Waals surface area contributed by atoms with E-state index in [1.165, 1.54) is 31.7 Å². The van der Waals surface area contributed by atoms with Crippen molar-refractivity contribution in [2.24, 2.45) is 0 Å². The molecule has 0 aliphatic carbocycles. The molecule has 0 N–H and O–H groups in total. The van der Waals surface area contributed by atoms with Crippen molar-refractivity contribution in [1.29, 1.82) is 0 Å². The van der Waals surface area contributed by atoms with Crippen molar-refractivity contribution in [3.05, 3.63) is 59.7 Å². The molecule has 6 aliphatic rings. The van der Waals surface area contributed by atoms with E-state index in [-0.39, 0.29) is 36.5 Å². The number of carbonyl (C=O) groups excluding carboxylic acids is 6. The third kappa shape index (κ3) is 7.03. The molecule has 312 valence electrons. The molecule has 4 bridgehead atoms. The van der Waals surface area contributed by atoms with Crippen LogP contribution in [0.5, 0.6) is 0 Å². The SMILES string of the molecule is CC(C)(C)OC(=O)N1CC2C[C@@H]1[C@@H]1C(=O)N(c3cccc(C(F)(F)F)c3)C(=O)N21.CC(C)(C)OC(=O)N1C[C@H]2CC1[C@H]1C(=O)N(c3cccc(C(F)(F)F)c3)C(=O)N21. The number of hydrogen-bond acceptors (Lipinski definition) is 8. The molecule has 6 atom stereocenters. The van der Waals surface area contributed by atoms with Crippen molar-refractivity contribution in [2.75, 3.05) is 22.9 Å². The minimum Gasteiger partial charge on any atom is -0.444 e. The van der Waals surface area contributed by atoms with Crippen molar-refractivity contribution in [1.82, 2.24) is 19.6 Å². The predicted octanol–water partition coefficient (Wildman–Crippen LogP) is 6.47. The molecule has 2 aromatic carbocycles. The molecule has 2 unspecified atom stereocenters. The number of anilines is 2. The number of urea groups is 2. The van der Waals surface area contributed by atoms with E-state index in [1.54, 1.807) is 41.5 Å². The summed E-state index contributed by atoms with van der Waals surface area (Å²) in [5.74, 6) is -1.26. The van der Waals surface area contributed by atoms with Crippen molar-refractivity contribution in [2.45, 2.75) is 114 Å². The Kier molecular flexibility index (Phi) is 9.46. The van der Waals surface area contributed by atoms with Crippen LogP contribution in [0.2, 0.25) is 0 Å². The first-order valence-electron chi connectivity index (χ1n) is 18.4. The number of ether oxygens (including phenoxy) is 2. The maximum absolute atomic E-state index is 13.0. The Morgan fingerprint density at radius 2 is 0.931 bits per heavy atom. The summed E-state index contributed by atoms with van der Waals surface area (Å²) in [4.78, 5) is 83.9. The number of amides is 8. The summed E-state index contributed by atoms with van der Waals surface area (Å²) in [7, 11) is 0. The normalized spacial score (nSPS) is 26.4. The highest BCUT2D eigenvalue weighted by molar-refractivity contribution is 6.23. The van der Waals surface area contributed by atoms with Crippen LogP contribution in [-0.4, -0.2) is 116 Å². The number of likely N-dealkylation sites (tertiary alicyclic amines) is 2. The van der Waals surface area contributed by atoms with Crippen LogP contribution in [0, 0.1) is 0 Å². The molecule has 20 heteroatoms. The van der Waals surface area contributed by atoms with E-state index in [9.17, 15) is 55.1 Å². The highest BCUT2D eigenvalue weighted by Crippen LogP contribution is 2.45. The van der Waals surface area contributed by atoms with Gasteiger partial charge in [0, 0.05) is 13.1 Å². The minimum atomic E-state index is -4.59. The molecule has 6 aliphatic heterocycles. The number of alkyl halides is 6. The lowest BCUT2D eigenvalue weighted by Crippen LogP contribution is -2.55. The monoisotopic (exact) mass is 822 g/mol. The number of halogens is 6. The van der Waals surface area contributed by atoms with Crippen LogP contribution in [0.4, 0.5) is 56.9 Å². The van der Waals surface area contributed by atoms with Gasteiger partial charge in [0.2, 0.25) is 0 Å². The van der Waals surface area contributed by atoms with Crippen LogP contribution in [0.15, 0.2) is 48.5 Å². The van der Waals surface area contributed by atoms with Gasteiger partial charge in [-0.1, -0.05) is 12.1 Å². The summed E-state index contributed by atoms with van der Waals surface area (Å²) in [5.41, 5.74) is -3.57. The van der Waals surface area contributed by atoms with E-state index < -0.39 is 94.9 Å². The Labute approximate surface area is 328 Å². The van der Waals surface area contributed by atoms with Gasteiger partial charge in [0.25, 0.3) is 11.8 Å². The van der Waals surface area contributed by atoms with Gasteiger partial charge in [0.1, 0.15) is 23.3 Å². The van der Waals surface area contributed by atoms with Crippen molar-refractivity contribution >= 4 is 47.4 Å². The topological polar surface area (TPSA) is 140 Å². The van der Waals surface area contributed by atoms with Crippen molar-refractivity contribution < 1.29 is 64.6 Å². The van der Waals surface area contributed by atoms with Crippen LogP contribution in [0.3, 0.4) is 0 Å². The van der Waals surface area contributed by atoms with Crippen molar-refractivity contribution in [3.8, 4) is 0 Å². The second-order valence-corrected chi connectivity index (χ2v) is 16.9. The van der Waals surface area contributed by atoms with E-state index in [2.05, 4.69) is 0 Å². The molecule has 8 amide bonds. The van der Waals surface area contributed by atoms with Crippen LogP contribution in [-0.2, 0) is 31.4 Å². The fourth-order valence-electron chi connectivity index (χ4n) is 8.49. The van der Waals surface area contributed by atoms with Gasteiger partial charge in [-0.3, -0.25) is 9.59 Å². The number of rotatable bonds is 2. The summed E-state index contributed by atoms with van der Waals surface area (Å²) in [6.45, 7) is 10.8. The maximum Gasteiger partial charge on any atom is 0.416 e. The second-order valence-electron chi connectivity index (χ2n) is 16.9. The number of imide groups is 2. The van der Waals surface area contributed by atoms with E-state index in [1.807, 2.05) is 0 Å². The lowest BCUT2D eigenvalue weighted by atomic mass is 10.1. The zero-order valence-corrected chi connectivity index (χ0v) is 32.1. The Hall–Kier alpha value is -5.56. The predicted molar refractivity (Wildman–Crippen MR) is 190 cm³/mol. The van der Waals surface area contributed by atoms with E-state index in [4.69, 9.17) is 9.47 Å². The van der Waals surface area contributed by atoms with E-state index in [0.29, 0.717) is 12.8 Å². The molecule has 0 aromatic heterocycles. The first kappa shape index (κ1) is 40.6. The van der Waals surface area contributed by atoms with Gasteiger partial charge >= 0.3 is 36.6 Å². The average Bonchev–Trinajstić information content (AvgIpc) is 3.94. The van der Waals surface area contributed by atoms with Crippen LogP contribution >= 0.6 is 0 Å². The standard InChI is InChI=1S/2C19H20F3N3O4/c2*1-18(2,3)29-17(28)23-9-12-8-13(23)14-15(26)25(16(27)24(12)14)11-6-4-5-10(7-11)19(20,21)22/h2*4-7,12-14H,8-9H2,1-3H3/t12?,13-,14-;12-,13?,14+/m11/s1. The van der Waals surface area contributed by atoms with E-state index >= 15 is 0 Å². The number of hydrogen-bond donors (Lipinski definition) is 0. The lowest BCUT2D eigenvalue weighted by molar-refractivity contribution is -0.138. The molecule has 0 saturated carbocycles. The zero-order chi connectivity index (χ0) is 42.6. The lowest BCUT2D eigenvalue weighted by Gasteiger charge is -2.35. The molecule has 58 heavy (non-hydrogen) atoms. The fraction of sp³-hybridized carbons (Fsp3) is 0.526. The third-order valence-corrected chi connectivity index (χ3v) is 10.6. The number of benzene rings is 2. The van der Waals surface area contributed by atoms with Crippen molar-refractivity contribution in [3.63, 3.8) is 0 Å². The van der Waals surface area contributed by atoms with Gasteiger partial charge in [-0.05, 0) is 90.8 Å². The number of nitrogens with zero attached hydrogens (tertiary/aromatic N) is 6. The van der Waals surface area contributed by atoms with Gasteiger partial charge < -0.3 is 29.1 Å². The molecule has 6 saturated heterocycles. The summed E-state index contributed by atoms with van der Waals surface area (Å²) < 4.78 is 89.0. The molecule has 2 aromatic rings. The first-order valence-corrected chi connectivity index (χ1v) is 18.4. The molecule has 0 spiro atoms. The molecular weight excluding hydrogens is 782 g/mol. The van der Waals surface area contributed by atoms with Crippen LogP contribution < -0.4 is 9.80 Å². The minimum absolute atomic E-state index is 0.132. The smallest absolute Gasteiger partial charge is 0.416 e. The van der Waals surface area contributed by atoms with Gasteiger partial charge in [0.15, 0.2) is 0 Å². The number of piperazine rings is 2. The molecule has 14 nitrogen and oxygen atoms in total. The summed E-state index contributed by atoms with van der Waals surface area (Å²) in [6, 6.07) is 3.23. The number of carbonyl (C=O) groups is 6. The van der Waals surface area contributed by atoms with Gasteiger partial charge in [-0.2, -0.15) is 26.3 Å². The third-order valence-electron chi connectivity index (χ3n) is 10.6. The fourth-order valence-corrected chi connectivity index (χ4v) is 8.49. The highest BCUT2D eigenvalue weighted by atomic mass is 19.4. The van der Waals surface area contributed by atoms with Crippen LogP contribution in [0.25, 0.3) is 0 Å². The van der Waals surface area contributed by atoms with Gasteiger partial charge in [0.05, 0.1) is 46.7 Å². The summed E-state index contributed by atoms with van der Waals surface area (Å²) >= 11 is 0. The first-order chi connectivity index (χ1) is 26.8. The van der Waals surface area contributed by atoms with Gasteiger partial charge in [-0.25, -0.2) is 29.0 Å². The Bertz CT molecular complexity index is 1940. The molecule has 6 fully saturated rings. The summed E-state index contributed by atoms with van der Waals surface area (Å²) in [5, 5.41) is 0. The van der Waals surface area contributed by atoms with Crippen LogP contribution in [0.1, 0.15) is 65.5 Å². The molecule has 0 radical (unpaired) electrons. The Morgan fingerprint density at radius 1 is 0.586 bits per heavy atom. The Morgan fingerprint density at radius 3 is 1.24 bits per heavy atom. The summed E-state index contributed by atoms with van der Waals surface area (Å²) in [6.07, 6.45) is -9.44. The molecule has 8 rings (SSSR count). The van der Waals surface area contributed by atoms with E-state index in [0.717, 1.165) is 46.2 Å². The Balaban J connectivity index is 0.000000177. The van der Waals surface area contributed by atoms with Gasteiger partial charge in [-0.15, -0.1) is 0 Å². The maximum atomic E-state index is 13.0. The number of fused-ring (bicyclic) bond motifs is 10. The highest BCUT2D eigenvalue weighted by Gasteiger charge is 2.65.